The molecule has 1 aromatic carbocycles. The Morgan fingerprint density at radius 1 is 1.18 bits per heavy atom. The van der Waals surface area contributed by atoms with Crippen LogP contribution in [0.3, 0.4) is 0 Å². The number of Topliss-reactive ketones (excluding diaryl/α,β-unsaturated/α-hetero) is 2. The number of fused-ring (bicyclic) bond motifs is 3. The molecule has 0 aromatic heterocycles. The topological polar surface area (TPSA) is 182 Å². The van der Waals surface area contributed by atoms with Gasteiger partial charge in [0.2, 0.25) is 5.78 Å². The number of nitrogens with two attached hydrogens (primary N) is 1. The van der Waals surface area contributed by atoms with Gasteiger partial charge in [-0.3, -0.25) is 19.3 Å². The van der Waals surface area contributed by atoms with E-state index in [-0.39, 0.29) is 22.6 Å². The molecule has 7 N–H and O–H groups in total. The molecule has 0 radical (unpaired) electrons. The number of aliphatic hydroxyl groups excluding tert-OH is 2. The normalized spacial score (nSPS) is 33.7. The summed E-state index contributed by atoms with van der Waals surface area (Å²) in [4.78, 5) is 40.1. The predicted octanol–water partition coefficient (Wildman–Crippen LogP) is 0.282. The summed E-state index contributed by atoms with van der Waals surface area (Å²) in [7, 11) is 2.97. The fourth-order valence-electron chi connectivity index (χ4n) is 5.58. The summed E-state index contributed by atoms with van der Waals surface area (Å²) in [6.07, 6.45) is -0.259. The quantitative estimate of drug-likeness (QED) is 0.325. The highest BCUT2D eigenvalue weighted by atomic mass is 35.5. The second-order valence-electron chi connectivity index (χ2n) is 9.08. The molecule has 1 aromatic rings. The molecule has 0 bridgehead atoms. The van der Waals surface area contributed by atoms with Crippen LogP contribution < -0.4 is 5.73 Å². The van der Waals surface area contributed by atoms with Gasteiger partial charge in [-0.2, -0.15) is 0 Å². The Balaban J connectivity index is 2.07. The molecule has 5 atom stereocenters. The van der Waals surface area contributed by atoms with Crippen molar-refractivity contribution in [2.24, 2.45) is 17.6 Å². The Hall–Kier alpha value is -2.92. The highest BCUT2D eigenvalue weighted by Gasteiger charge is 2.66. The van der Waals surface area contributed by atoms with Crippen LogP contribution in [0.1, 0.15) is 24.5 Å². The van der Waals surface area contributed by atoms with E-state index in [1.165, 1.54) is 38.1 Å². The third-order valence-electron chi connectivity index (χ3n) is 7.07. The number of aliphatic hydroxyl groups is 4. The SMILES string of the molecule is CN(C)[C@H]1C(=O)C(C(N)=O)=C(O)[C@]2(O)C(=O)C3=C(O)c4c(O)ccc(Cl)c4[C@](C)(O)[C@H]3C[C@@H]12. The largest absolute Gasteiger partial charge is 0.508 e. The first-order chi connectivity index (χ1) is 15.2. The number of phenols is 1. The Labute approximate surface area is 193 Å². The maximum absolute atomic E-state index is 13.7. The number of rotatable bonds is 2. The zero-order valence-electron chi connectivity index (χ0n) is 18.0. The lowest BCUT2D eigenvalue weighted by Gasteiger charge is -2.53. The van der Waals surface area contributed by atoms with Crippen LogP contribution in [0.5, 0.6) is 5.75 Å². The average molecular weight is 479 g/mol. The van der Waals surface area contributed by atoms with Crippen molar-refractivity contribution in [3.05, 3.63) is 45.2 Å². The molecule has 0 aliphatic heterocycles. The first-order valence-corrected chi connectivity index (χ1v) is 10.5. The number of hydrogen-bond acceptors (Lipinski definition) is 9. The van der Waals surface area contributed by atoms with Crippen LogP contribution in [0.2, 0.25) is 5.02 Å². The number of carbonyl (C=O) groups is 3. The monoisotopic (exact) mass is 478 g/mol. The van der Waals surface area contributed by atoms with Gasteiger partial charge in [0.1, 0.15) is 22.8 Å². The van der Waals surface area contributed by atoms with Crippen molar-refractivity contribution in [2.45, 2.75) is 30.6 Å². The fourth-order valence-corrected chi connectivity index (χ4v) is 5.93. The standard InChI is InChI=1S/C22H23ClN2O8/c1-21(32)7-6-8-15(25(2)3)17(28)13(20(24)31)19(30)22(8,33)18(29)11(7)16(27)12-10(26)5-4-9(23)14(12)21/h4-5,7-8,15,26-27,30,32-33H,6H2,1-3H3,(H2,24,31)/t7-,8-,15+,21+,22+/m0/s1. The summed E-state index contributed by atoms with van der Waals surface area (Å²) < 4.78 is 0. The Morgan fingerprint density at radius 2 is 1.79 bits per heavy atom. The Morgan fingerprint density at radius 3 is 2.33 bits per heavy atom. The molecule has 33 heavy (non-hydrogen) atoms. The molecule has 176 valence electrons. The second-order valence-corrected chi connectivity index (χ2v) is 9.48. The molecule has 0 saturated heterocycles. The number of benzene rings is 1. The lowest BCUT2D eigenvalue weighted by molar-refractivity contribution is -0.159. The van der Waals surface area contributed by atoms with Gasteiger partial charge in [-0.25, -0.2) is 0 Å². The summed E-state index contributed by atoms with van der Waals surface area (Å²) in [5, 5.41) is 55.2. The minimum Gasteiger partial charge on any atom is -0.508 e. The number of phenolic OH excluding ortho intramolecular Hbond substituents is 1. The van der Waals surface area contributed by atoms with E-state index >= 15 is 0 Å². The van der Waals surface area contributed by atoms with E-state index in [0.29, 0.717) is 0 Å². The van der Waals surface area contributed by atoms with Crippen LogP contribution >= 0.6 is 11.6 Å². The minimum atomic E-state index is -2.78. The highest BCUT2D eigenvalue weighted by Crippen LogP contribution is 2.58. The number of likely N-dealkylation sites (N-methyl/N-ethyl adjacent to an activating group) is 1. The van der Waals surface area contributed by atoms with Gasteiger partial charge in [0.15, 0.2) is 11.4 Å². The number of carbonyl (C=O) groups excluding carboxylic acids is 3. The van der Waals surface area contributed by atoms with Crippen LogP contribution in [0.15, 0.2) is 29.0 Å². The van der Waals surface area contributed by atoms with Crippen molar-refractivity contribution in [1.82, 2.24) is 4.90 Å². The van der Waals surface area contributed by atoms with Gasteiger partial charge in [0.25, 0.3) is 5.91 Å². The molecule has 4 rings (SSSR count). The molecule has 1 fully saturated rings. The molecule has 3 aliphatic rings. The van der Waals surface area contributed by atoms with Crippen LogP contribution in [-0.4, -0.2) is 73.6 Å². The van der Waals surface area contributed by atoms with E-state index in [2.05, 4.69) is 0 Å². The van der Waals surface area contributed by atoms with E-state index in [1.807, 2.05) is 0 Å². The average Bonchev–Trinajstić information content (AvgIpc) is 2.69. The summed E-state index contributed by atoms with van der Waals surface area (Å²) >= 11 is 6.28. The van der Waals surface area contributed by atoms with Gasteiger partial charge in [0.05, 0.1) is 17.2 Å². The van der Waals surface area contributed by atoms with Crippen molar-refractivity contribution in [2.75, 3.05) is 14.1 Å². The van der Waals surface area contributed by atoms with Crippen LogP contribution in [0, 0.1) is 11.8 Å². The Kier molecular flexibility index (Phi) is 4.96. The number of aromatic hydroxyl groups is 1. The molecule has 1 amide bonds. The lowest BCUT2D eigenvalue weighted by Crippen LogP contribution is -2.67. The summed E-state index contributed by atoms with van der Waals surface area (Å²) in [6, 6.07) is 1.24. The van der Waals surface area contributed by atoms with E-state index in [9.17, 15) is 39.9 Å². The van der Waals surface area contributed by atoms with Crippen molar-refractivity contribution in [3.63, 3.8) is 0 Å². The zero-order valence-corrected chi connectivity index (χ0v) is 18.7. The molecule has 1 saturated carbocycles. The van der Waals surface area contributed by atoms with E-state index in [0.717, 1.165) is 0 Å². The molecule has 0 spiro atoms. The van der Waals surface area contributed by atoms with Gasteiger partial charge in [-0.15, -0.1) is 0 Å². The molecule has 11 heteroatoms. The van der Waals surface area contributed by atoms with Crippen LogP contribution in [0.4, 0.5) is 0 Å². The van der Waals surface area contributed by atoms with Gasteiger partial charge in [-0.1, -0.05) is 11.6 Å². The summed E-state index contributed by atoms with van der Waals surface area (Å²) in [6.45, 7) is 1.34. The van der Waals surface area contributed by atoms with Crippen molar-refractivity contribution in [3.8, 4) is 5.75 Å². The van der Waals surface area contributed by atoms with Gasteiger partial charge in [-0.05, 0) is 39.6 Å². The smallest absolute Gasteiger partial charge is 0.255 e. The highest BCUT2D eigenvalue weighted by molar-refractivity contribution is 6.32. The Bertz CT molecular complexity index is 1200. The first-order valence-electron chi connectivity index (χ1n) is 10.1. The number of primary amides is 1. The van der Waals surface area contributed by atoms with Gasteiger partial charge in [0, 0.05) is 28.0 Å². The van der Waals surface area contributed by atoms with Crippen molar-refractivity contribution < 1.29 is 39.9 Å². The maximum Gasteiger partial charge on any atom is 0.255 e. The predicted molar refractivity (Wildman–Crippen MR) is 115 cm³/mol. The summed E-state index contributed by atoms with van der Waals surface area (Å²) in [5.74, 6) is -8.30. The molecule has 0 unspecified atom stereocenters. The van der Waals surface area contributed by atoms with Gasteiger partial charge < -0.3 is 31.3 Å². The van der Waals surface area contributed by atoms with E-state index in [1.54, 1.807) is 0 Å². The van der Waals surface area contributed by atoms with Crippen molar-refractivity contribution in [1.29, 1.82) is 0 Å². The molecule has 0 heterocycles. The first kappa shape index (κ1) is 23.2. The second kappa shape index (κ2) is 7.04. The van der Waals surface area contributed by atoms with E-state index < -0.39 is 75.0 Å². The molecule has 3 aliphatic carbocycles. The number of nitrogens with zero attached hydrogens (tertiary/aromatic N) is 1. The van der Waals surface area contributed by atoms with Crippen molar-refractivity contribution >= 4 is 34.8 Å². The van der Waals surface area contributed by atoms with Gasteiger partial charge >= 0.3 is 0 Å². The third kappa shape index (κ3) is 2.75. The van der Waals surface area contributed by atoms with Crippen LogP contribution in [0.25, 0.3) is 5.76 Å². The third-order valence-corrected chi connectivity index (χ3v) is 7.39. The number of ketones is 2. The minimum absolute atomic E-state index is 0.0187. The fraction of sp³-hybridized carbons (Fsp3) is 0.409. The van der Waals surface area contributed by atoms with E-state index in [4.69, 9.17) is 17.3 Å². The van der Waals surface area contributed by atoms with Crippen LogP contribution in [-0.2, 0) is 20.0 Å². The molecular weight excluding hydrogens is 456 g/mol. The lowest BCUT2D eigenvalue weighted by atomic mass is 9.54. The maximum atomic E-state index is 13.7. The number of halogens is 1. The number of amides is 1. The molecular formula is C22H23ClN2O8. The summed E-state index contributed by atoms with van der Waals surface area (Å²) in [5.41, 5.74) is -1.10. The number of hydrogen-bond donors (Lipinski definition) is 6. The zero-order chi connectivity index (χ0) is 24.8. The molecule has 10 nitrogen and oxygen atoms in total.